The average molecular weight is 287 g/mol. The number of halogens is 5. The molecule has 82 valence electrons. The average Bonchev–Trinajstić information content (AvgIpc) is 2.18. The molecule has 0 unspecified atom stereocenters. The van der Waals surface area contributed by atoms with Gasteiger partial charge in [0.25, 0.3) is 0 Å². The molecule has 2 nitrogen and oxygen atoms in total. The predicted octanol–water partition coefficient (Wildman–Crippen LogP) is 2.63. The fourth-order valence-electron chi connectivity index (χ4n) is 0.957. The SMILES string of the molecule is O=C(O)Cc1c(F)c(F)c(Br)c(F)c1F. The van der Waals surface area contributed by atoms with Gasteiger partial charge in [-0.1, -0.05) is 0 Å². The Morgan fingerprint density at radius 2 is 1.47 bits per heavy atom. The van der Waals surface area contributed by atoms with Crippen LogP contribution in [-0.2, 0) is 11.2 Å². The fourth-order valence-corrected chi connectivity index (χ4v) is 1.30. The van der Waals surface area contributed by atoms with Crippen LogP contribution in [0.3, 0.4) is 0 Å². The number of carboxylic acids is 1. The van der Waals surface area contributed by atoms with Crippen molar-refractivity contribution < 1.29 is 27.5 Å². The van der Waals surface area contributed by atoms with Crippen LogP contribution in [0.4, 0.5) is 17.6 Å². The number of carbonyl (C=O) groups is 1. The van der Waals surface area contributed by atoms with Crippen molar-refractivity contribution in [2.45, 2.75) is 6.42 Å². The smallest absolute Gasteiger partial charge is 0.308 e. The molecule has 0 atom stereocenters. The van der Waals surface area contributed by atoms with Crippen LogP contribution in [0.5, 0.6) is 0 Å². The summed E-state index contributed by atoms with van der Waals surface area (Å²) in [4.78, 5) is 10.2. The first-order valence-electron chi connectivity index (χ1n) is 3.58. The van der Waals surface area contributed by atoms with Gasteiger partial charge >= 0.3 is 5.97 Å². The van der Waals surface area contributed by atoms with Crippen molar-refractivity contribution in [3.05, 3.63) is 33.3 Å². The van der Waals surface area contributed by atoms with Crippen LogP contribution in [0.15, 0.2) is 4.47 Å². The summed E-state index contributed by atoms with van der Waals surface area (Å²) in [6.07, 6.45) is -1.13. The van der Waals surface area contributed by atoms with Gasteiger partial charge in [-0.05, 0) is 15.9 Å². The molecular formula is C8H3BrF4O2. The minimum Gasteiger partial charge on any atom is -0.481 e. The molecule has 0 heterocycles. The van der Waals surface area contributed by atoms with Crippen molar-refractivity contribution in [3.63, 3.8) is 0 Å². The van der Waals surface area contributed by atoms with Crippen LogP contribution in [0, 0.1) is 23.3 Å². The second-order valence-corrected chi connectivity index (χ2v) is 3.41. The van der Waals surface area contributed by atoms with E-state index >= 15 is 0 Å². The zero-order chi connectivity index (χ0) is 11.7. The molecule has 1 aromatic rings. The molecule has 0 fully saturated rings. The fraction of sp³-hybridized carbons (Fsp3) is 0.125. The van der Waals surface area contributed by atoms with Gasteiger partial charge in [0.15, 0.2) is 23.3 Å². The van der Waals surface area contributed by atoms with Gasteiger partial charge in [-0.15, -0.1) is 0 Å². The number of carboxylic acid groups (broad SMARTS) is 1. The van der Waals surface area contributed by atoms with E-state index in [0.29, 0.717) is 0 Å². The number of benzene rings is 1. The highest BCUT2D eigenvalue weighted by molar-refractivity contribution is 9.10. The van der Waals surface area contributed by atoms with Gasteiger partial charge in [0.1, 0.15) is 0 Å². The van der Waals surface area contributed by atoms with E-state index in [-0.39, 0.29) is 0 Å². The number of aliphatic carboxylic acids is 1. The normalized spacial score (nSPS) is 10.5. The van der Waals surface area contributed by atoms with E-state index in [1.807, 2.05) is 0 Å². The molecule has 0 bridgehead atoms. The summed E-state index contributed by atoms with van der Waals surface area (Å²) >= 11 is 2.30. The van der Waals surface area contributed by atoms with Crippen molar-refractivity contribution in [3.8, 4) is 0 Å². The lowest BCUT2D eigenvalue weighted by molar-refractivity contribution is -0.136. The van der Waals surface area contributed by atoms with E-state index in [9.17, 15) is 22.4 Å². The lowest BCUT2D eigenvalue weighted by Gasteiger charge is -2.06. The van der Waals surface area contributed by atoms with Gasteiger partial charge in [-0.3, -0.25) is 4.79 Å². The first kappa shape index (κ1) is 12.0. The van der Waals surface area contributed by atoms with Crippen LogP contribution in [0.1, 0.15) is 5.56 Å². The van der Waals surface area contributed by atoms with Gasteiger partial charge < -0.3 is 5.11 Å². The zero-order valence-electron chi connectivity index (χ0n) is 6.95. The highest BCUT2D eigenvalue weighted by Gasteiger charge is 2.25. The first-order chi connectivity index (χ1) is 6.86. The van der Waals surface area contributed by atoms with Gasteiger partial charge in [0, 0.05) is 5.56 Å². The minimum absolute atomic E-state index is 0.994. The zero-order valence-corrected chi connectivity index (χ0v) is 8.54. The topological polar surface area (TPSA) is 37.3 Å². The van der Waals surface area contributed by atoms with E-state index in [4.69, 9.17) is 5.11 Å². The summed E-state index contributed by atoms with van der Waals surface area (Å²) in [6.45, 7) is 0. The molecule has 15 heavy (non-hydrogen) atoms. The van der Waals surface area contributed by atoms with Crippen molar-refractivity contribution in [2.24, 2.45) is 0 Å². The molecule has 0 saturated carbocycles. The molecule has 0 spiro atoms. The Balaban J connectivity index is 3.45. The Labute approximate surface area is 89.6 Å². The van der Waals surface area contributed by atoms with Gasteiger partial charge in [-0.2, -0.15) is 0 Å². The molecule has 0 radical (unpaired) electrons. The lowest BCUT2D eigenvalue weighted by atomic mass is 10.1. The predicted molar refractivity (Wildman–Crippen MR) is 45.3 cm³/mol. The molecule has 0 aromatic heterocycles. The van der Waals surface area contributed by atoms with E-state index in [1.165, 1.54) is 0 Å². The molecule has 0 saturated heterocycles. The molecule has 0 aliphatic carbocycles. The molecule has 1 N–H and O–H groups in total. The minimum atomic E-state index is -1.71. The van der Waals surface area contributed by atoms with Crippen molar-refractivity contribution >= 4 is 21.9 Å². The lowest BCUT2D eigenvalue weighted by Crippen LogP contribution is -2.09. The maximum absolute atomic E-state index is 13.0. The van der Waals surface area contributed by atoms with Crippen LogP contribution in [0.2, 0.25) is 0 Å². The van der Waals surface area contributed by atoms with Crippen molar-refractivity contribution in [1.82, 2.24) is 0 Å². The van der Waals surface area contributed by atoms with Gasteiger partial charge in [-0.25, -0.2) is 17.6 Å². The summed E-state index contributed by atoms with van der Waals surface area (Å²) in [5.41, 5.74) is -1.14. The maximum atomic E-state index is 13.0. The van der Waals surface area contributed by atoms with Crippen molar-refractivity contribution in [1.29, 1.82) is 0 Å². The third-order valence-corrected chi connectivity index (χ3v) is 2.32. The van der Waals surface area contributed by atoms with E-state index in [0.717, 1.165) is 0 Å². The molecule has 0 amide bonds. The Morgan fingerprint density at radius 1 is 1.07 bits per heavy atom. The number of rotatable bonds is 2. The largest absolute Gasteiger partial charge is 0.481 e. The van der Waals surface area contributed by atoms with Crippen LogP contribution in [-0.4, -0.2) is 11.1 Å². The Hall–Kier alpha value is -1.11. The van der Waals surface area contributed by atoms with Crippen LogP contribution < -0.4 is 0 Å². The standard InChI is InChI=1S/C8H3BrF4O2/c9-4-7(12)5(10)2(1-3(14)15)6(11)8(4)13/h1H2,(H,14,15). The highest BCUT2D eigenvalue weighted by Crippen LogP contribution is 2.28. The molecule has 1 rings (SSSR count). The Kier molecular flexibility index (Phi) is 3.33. The molecule has 0 aliphatic rings. The summed E-state index contributed by atoms with van der Waals surface area (Å²) in [5, 5.41) is 8.28. The second-order valence-electron chi connectivity index (χ2n) is 2.62. The highest BCUT2D eigenvalue weighted by atomic mass is 79.9. The molecular weight excluding hydrogens is 284 g/mol. The van der Waals surface area contributed by atoms with E-state index in [1.54, 1.807) is 0 Å². The maximum Gasteiger partial charge on any atom is 0.308 e. The first-order valence-corrected chi connectivity index (χ1v) is 4.37. The quantitative estimate of drug-likeness (QED) is 0.516. The molecule has 1 aromatic carbocycles. The Morgan fingerprint density at radius 3 is 1.80 bits per heavy atom. The summed E-state index contributed by atoms with van der Waals surface area (Å²) in [6, 6.07) is 0. The number of hydrogen-bond donors (Lipinski definition) is 1. The summed E-state index contributed by atoms with van der Waals surface area (Å²) in [7, 11) is 0. The summed E-state index contributed by atoms with van der Waals surface area (Å²) in [5.74, 6) is -8.30. The Bertz CT molecular complexity index is 404. The second kappa shape index (κ2) is 4.18. The molecule has 0 aliphatic heterocycles. The van der Waals surface area contributed by atoms with Gasteiger partial charge in [0.2, 0.25) is 0 Å². The van der Waals surface area contributed by atoms with E-state index < -0.39 is 45.7 Å². The van der Waals surface area contributed by atoms with Crippen LogP contribution >= 0.6 is 15.9 Å². The van der Waals surface area contributed by atoms with Gasteiger partial charge in [0.05, 0.1) is 10.9 Å². The summed E-state index contributed by atoms with van der Waals surface area (Å²) < 4.78 is 50.7. The van der Waals surface area contributed by atoms with Crippen LogP contribution in [0.25, 0.3) is 0 Å². The number of hydrogen-bond acceptors (Lipinski definition) is 1. The third-order valence-electron chi connectivity index (χ3n) is 1.63. The van der Waals surface area contributed by atoms with Crippen molar-refractivity contribution in [2.75, 3.05) is 0 Å². The molecule has 7 heteroatoms. The monoisotopic (exact) mass is 286 g/mol. The van der Waals surface area contributed by atoms with E-state index in [2.05, 4.69) is 15.9 Å². The third kappa shape index (κ3) is 2.11.